The number of unbranched alkanes of at least 4 members (excludes halogenated alkanes) is 1. The van der Waals surface area contributed by atoms with Gasteiger partial charge in [-0.15, -0.1) is 0 Å². The van der Waals surface area contributed by atoms with E-state index < -0.39 is 0 Å². The molecular weight excluding hydrogens is 676 g/mol. The number of ether oxygens (including phenoxy) is 6. The number of H-pyrrole nitrogens is 1. The molecule has 0 saturated carbocycles. The number of nitrogens with one attached hydrogen (secondary N) is 2. The molecule has 0 bridgehead atoms. The smallest absolute Gasteiger partial charge is 0.222 e. The number of aromatic hydroxyl groups is 1. The van der Waals surface area contributed by atoms with Crippen LogP contribution in [0.2, 0.25) is 0 Å². The van der Waals surface area contributed by atoms with E-state index in [4.69, 9.17) is 39.1 Å². The summed E-state index contributed by atoms with van der Waals surface area (Å²) in [6, 6.07) is 7.17. The van der Waals surface area contributed by atoms with Gasteiger partial charge in [0, 0.05) is 56.0 Å². The predicted octanol–water partition coefficient (Wildman–Crippen LogP) is 3.44. The molecule has 4 aromatic rings. The van der Waals surface area contributed by atoms with Crippen LogP contribution in [0.4, 0.5) is 5.82 Å². The maximum atomic E-state index is 12.3. The van der Waals surface area contributed by atoms with E-state index in [-0.39, 0.29) is 18.1 Å². The van der Waals surface area contributed by atoms with Crippen molar-refractivity contribution in [1.29, 1.82) is 0 Å². The second kappa shape index (κ2) is 23.1. The molecule has 52 heavy (non-hydrogen) atoms. The van der Waals surface area contributed by atoms with Crippen molar-refractivity contribution >= 4 is 33.7 Å². The Balaban J connectivity index is 1.01. The van der Waals surface area contributed by atoms with Crippen LogP contribution in [-0.2, 0) is 39.8 Å². The number of aryl methyl sites for hydroxylation is 1. The van der Waals surface area contributed by atoms with Gasteiger partial charge in [-0.2, -0.15) is 5.10 Å². The molecule has 284 valence electrons. The monoisotopic (exact) mass is 726 g/mol. The Hall–Kier alpha value is -4.55. The summed E-state index contributed by atoms with van der Waals surface area (Å²) in [5.41, 5.74) is 11.3. The van der Waals surface area contributed by atoms with Crippen LogP contribution in [0.3, 0.4) is 0 Å². The summed E-state index contributed by atoms with van der Waals surface area (Å²) in [7, 11) is 3.87. The highest BCUT2D eigenvalue weighted by atomic mass is 16.6. The van der Waals surface area contributed by atoms with Crippen molar-refractivity contribution in [3.63, 3.8) is 0 Å². The van der Waals surface area contributed by atoms with E-state index in [0.717, 1.165) is 52.0 Å². The molecule has 0 unspecified atom stereocenters. The normalized spacial score (nSPS) is 11.3. The number of phenols is 1. The van der Waals surface area contributed by atoms with Gasteiger partial charge in [0.25, 0.3) is 0 Å². The van der Waals surface area contributed by atoms with Gasteiger partial charge in [-0.25, -0.2) is 14.6 Å². The van der Waals surface area contributed by atoms with Crippen molar-refractivity contribution in [1.82, 2.24) is 30.0 Å². The minimum Gasteiger partial charge on any atom is -0.508 e. The standard InChI is InChI=1S/C34H50N10O8/c1-43(2)33-31-32(29-24-26-23-27(45)5-6-28(26)40-29)41-44(34(31)38-25-37-33)10-4-3-8-36-30(46)7-11-47-13-15-49-17-19-51-21-22-52-20-18-50-16-14-48-12-9-39-42-35/h5-6,23-25,40,45H,3-4,7-22H2,1-2H3,(H,36,46). The Morgan fingerprint density at radius 3 is 2.17 bits per heavy atom. The lowest BCUT2D eigenvalue weighted by Crippen LogP contribution is -2.26. The Bertz CT molecular complexity index is 1690. The molecule has 0 radical (unpaired) electrons. The van der Waals surface area contributed by atoms with E-state index >= 15 is 0 Å². The van der Waals surface area contributed by atoms with Crippen molar-refractivity contribution in [3.8, 4) is 17.1 Å². The quantitative estimate of drug-likeness (QED) is 0.0332. The predicted molar refractivity (Wildman–Crippen MR) is 194 cm³/mol. The maximum absolute atomic E-state index is 12.3. The largest absolute Gasteiger partial charge is 0.508 e. The number of anilines is 1. The van der Waals surface area contributed by atoms with Crippen LogP contribution < -0.4 is 10.2 Å². The van der Waals surface area contributed by atoms with Gasteiger partial charge < -0.3 is 48.7 Å². The number of amides is 1. The van der Waals surface area contributed by atoms with Gasteiger partial charge in [0.05, 0.1) is 90.4 Å². The molecule has 3 N–H and O–H groups in total. The van der Waals surface area contributed by atoms with Crippen LogP contribution >= 0.6 is 0 Å². The lowest BCUT2D eigenvalue weighted by Gasteiger charge is -2.12. The topological polar surface area (TPSA) is 216 Å². The van der Waals surface area contributed by atoms with Crippen molar-refractivity contribution in [2.24, 2.45) is 5.11 Å². The summed E-state index contributed by atoms with van der Waals surface area (Å²) < 4.78 is 34.4. The number of carbonyl (C=O) groups excluding carboxylic acids is 1. The van der Waals surface area contributed by atoms with Gasteiger partial charge in [-0.05, 0) is 42.6 Å². The number of azide groups is 1. The molecule has 1 amide bonds. The first kappa shape index (κ1) is 40.2. The summed E-state index contributed by atoms with van der Waals surface area (Å²) in [5, 5.41) is 22.9. The second-order valence-electron chi connectivity index (χ2n) is 11.8. The molecule has 0 aliphatic heterocycles. The van der Waals surface area contributed by atoms with Gasteiger partial charge >= 0.3 is 0 Å². The zero-order chi connectivity index (χ0) is 36.8. The molecule has 0 fully saturated rings. The van der Waals surface area contributed by atoms with E-state index in [0.29, 0.717) is 98.9 Å². The summed E-state index contributed by atoms with van der Waals surface area (Å²) in [6.45, 7) is 6.66. The SMILES string of the molecule is CN(C)c1ncnc2c1c(-c1cc3cc(O)ccc3[nH]1)nn2CCCCNC(=O)CCOCCOCCOCCOCCOCCOCCN=[N+]=[N-]. The first-order valence-corrected chi connectivity index (χ1v) is 17.4. The van der Waals surface area contributed by atoms with Crippen molar-refractivity contribution in [2.45, 2.75) is 25.8 Å². The van der Waals surface area contributed by atoms with Crippen molar-refractivity contribution in [3.05, 3.63) is 41.0 Å². The number of aromatic nitrogens is 5. The van der Waals surface area contributed by atoms with E-state index in [1.165, 1.54) is 0 Å². The van der Waals surface area contributed by atoms with Crippen LogP contribution in [-0.4, -0.2) is 142 Å². The van der Waals surface area contributed by atoms with Gasteiger partial charge in [0.2, 0.25) is 5.91 Å². The lowest BCUT2D eigenvalue weighted by molar-refractivity contribution is -0.122. The molecule has 18 heteroatoms. The third-order valence-corrected chi connectivity index (χ3v) is 7.64. The van der Waals surface area contributed by atoms with Crippen LogP contribution in [0.15, 0.2) is 35.7 Å². The van der Waals surface area contributed by atoms with Crippen molar-refractivity contribution < 1.29 is 38.3 Å². The molecule has 0 saturated heterocycles. The molecule has 1 aromatic carbocycles. The molecular formula is C34H50N10O8. The molecule has 18 nitrogen and oxygen atoms in total. The third-order valence-electron chi connectivity index (χ3n) is 7.64. The zero-order valence-electron chi connectivity index (χ0n) is 30.0. The Morgan fingerprint density at radius 2 is 1.54 bits per heavy atom. The van der Waals surface area contributed by atoms with E-state index in [1.54, 1.807) is 18.5 Å². The number of carbonyl (C=O) groups is 1. The molecule has 0 aliphatic carbocycles. The van der Waals surface area contributed by atoms with Crippen LogP contribution in [0.5, 0.6) is 5.75 Å². The number of aromatic amines is 1. The van der Waals surface area contributed by atoms with Crippen LogP contribution in [0.1, 0.15) is 19.3 Å². The van der Waals surface area contributed by atoms with E-state index in [9.17, 15) is 9.90 Å². The van der Waals surface area contributed by atoms with Gasteiger partial charge in [0.15, 0.2) is 5.65 Å². The zero-order valence-corrected chi connectivity index (χ0v) is 30.0. The van der Waals surface area contributed by atoms with Crippen LogP contribution in [0.25, 0.3) is 43.8 Å². The number of nitrogens with zero attached hydrogens (tertiary/aromatic N) is 8. The van der Waals surface area contributed by atoms with Crippen molar-refractivity contribution in [2.75, 3.05) is 111 Å². The number of benzene rings is 1. The molecule has 0 aliphatic rings. The minimum atomic E-state index is -0.0592. The fourth-order valence-corrected chi connectivity index (χ4v) is 5.14. The van der Waals surface area contributed by atoms with E-state index in [1.807, 2.05) is 35.8 Å². The Labute approximate surface area is 302 Å². The first-order valence-electron chi connectivity index (χ1n) is 17.4. The Morgan fingerprint density at radius 1 is 0.904 bits per heavy atom. The molecule has 4 rings (SSSR count). The summed E-state index contributed by atoms with van der Waals surface area (Å²) in [5.74, 6) is 0.907. The maximum Gasteiger partial charge on any atom is 0.222 e. The number of fused-ring (bicyclic) bond motifs is 2. The molecule has 0 atom stereocenters. The van der Waals surface area contributed by atoms with Gasteiger partial charge in [-0.3, -0.25) is 4.79 Å². The summed E-state index contributed by atoms with van der Waals surface area (Å²) in [6.07, 6.45) is 3.39. The fraction of sp³-hybridized carbons (Fsp3) is 0.588. The number of hydrogen-bond donors (Lipinski definition) is 3. The van der Waals surface area contributed by atoms with Crippen LogP contribution in [0, 0.1) is 0 Å². The Kier molecular flexibility index (Phi) is 17.9. The number of rotatable bonds is 28. The van der Waals surface area contributed by atoms with Gasteiger partial charge in [0.1, 0.15) is 23.6 Å². The lowest BCUT2D eigenvalue weighted by atomic mass is 10.2. The fourth-order valence-electron chi connectivity index (χ4n) is 5.14. The minimum absolute atomic E-state index is 0.0592. The average molecular weight is 727 g/mol. The summed E-state index contributed by atoms with van der Waals surface area (Å²) >= 11 is 0. The number of phenolic OH excluding ortho intramolecular Hbond substituents is 1. The highest BCUT2D eigenvalue weighted by Gasteiger charge is 2.20. The highest BCUT2D eigenvalue weighted by molar-refractivity contribution is 6.00. The number of hydrogen-bond acceptors (Lipinski definition) is 13. The van der Waals surface area contributed by atoms with E-state index in [2.05, 4.69) is 30.3 Å². The molecule has 3 aromatic heterocycles. The molecule has 0 spiro atoms. The second-order valence-corrected chi connectivity index (χ2v) is 11.8. The summed E-state index contributed by atoms with van der Waals surface area (Å²) in [4.78, 5) is 29.3. The third kappa shape index (κ3) is 13.5. The first-order chi connectivity index (χ1) is 25.5. The van der Waals surface area contributed by atoms with Gasteiger partial charge in [-0.1, -0.05) is 5.11 Å². The average Bonchev–Trinajstić information content (AvgIpc) is 3.73. The molecule has 3 heterocycles. The highest BCUT2D eigenvalue weighted by Crippen LogP contribution is 2.34.